The molecule has 1 aliphatic rings. The van der Waals surface area contributed by atoms with Crippen molar-refractivity contribution in [2.45, 2.75) is 20.0 Å². The highest BCUT2D eigenvalue weighted by molar-refractivity contribution is 7.11. The van der Waals surface area contributed by atoms with Crippen LogP contribution in [-0.4, -0.2) is 46.2 Å². The second kappa shape index (κ2) is 7.53. The van der Waals surface area contributed by atoms with Crippen LogP contribution >= 0.6 is 11.3 Å². The van der Waals surface area contributed by atoms with E-state index in [9.17, 15) is 4.79 Å². The van der Waals surface area contributed by atoms with Gasteiger partial charge in [0.1, 0.15) is 10.8 Å². The molecule has 2 N–H and O–H groups in total. The molecule has 0 atom stereocenters. The number of nitrogens with one attached hydrogen (secondary N) is 2. The molecular weight excluding hydrogens is 350 g/mol. The van der Waals surface area contributed by atoms with Gasteiger partial charge in [-0.1, -0.05) is 6.07 Å². The standard InChI is InChI=1S/C18H21N5O2S/c1-12-21-15-4-2-3-14(17(15)18(24)22-12)19-10-16-20-9-13(26-16)11-23-5-7-25-8-6-23/h2-4,9,19H,5-8,10-11H2,1H3,(H,21,22,24). The molecule has 0 bridgehead atoms. The number of anilines is 1. The lowest BCUT2D eigenvalue weighted by Crippen LogP contribution is -2.35. The maximum absolute atomic E-state index is 12.3. The van der Waals surface area contributed by atoms with E-state index in [1.165, 1.54) is 4.88 Å². The number of aromatic nitrogens is 3. The second-order valence-corrected chi connectivity index (χ2v) is 7.51. The summed E-state index contributed by atoms with van der Waals surface area (Å²) >= 11 is 1.70. The van der Waals surface area contributed by atoms with Crippen LogP contribution in [0.4, 0.5) is 5.69 Å². The fourth-order valence-electron chi connectivity index (χ4n) is 3.11. The third kappa shape index (κ3) is 3.77. The molecule has 0 unspecified atom stereocenters. The number of hydrogen-bond acceptors (Lipinski definition) is 7. The van der Waals surface area contributed by atoms with E-state index in [2.05, 4.69) is 25.2 Å². The SMILES string of the molecule is Cc1nc2cccc(NCc3ncc(CN4CCOCC4)s3)c2c(=O)[nH]1. The summed E-state index contributed by atoms with van der Waals surface area (Å²) in [5.74, 6) is 0.618. The fourth-order valence-corrected chi connectivity index (χ4v) is 4.01. The van der Waals surface area contributed by atoms with Crippen molar-refractivity contribution in [1.82, 2.24) is 19.9 Å². The monoisotopic (exact) mass is 371 g/mol. The number of rotatable bonds is 5. The maximum atomic E-state index is 12.3. The van der Waals surface area contributed by atoms with Gasteiger partial charge >= 0.3 is 0 Å². The van der Waals surface area contributed by atoms with Crippen molar-refractivity contribution in [3.05, 3.63) is 50.5 Å². The van der Waals surface area contributed by atoms with Crippen molar-refractivity contribution in [3.8, 4) is 0 Å². The Morgan fingerprint density at radius 2 is 2.19 bits per heavy atom. The first-order valence-electron chi connectivity index (χ1n) is 8.66. The van der Waals surface area contributed by atoms with Gasteiger partial charge in [-0.15, -0.1) is 11.3 Å². The number of H-pyrrole nitrogens is 1. The van der Waals surface area contributed by atoms with Crippen LogP contribution in [0.15, 0.2) is 29.2 Å². The molecule has 2 aromatic heterocycles. The summed E-state index contributed by atoms with van der Waals surface area (Å²) in [4.78, 5) is 27.6. The van der Waals surface area contributed by atoms with E-state index in [1.54, 1.807) is 18.3 Å². The Kier molecular flexibility index (Phi) is 4.96. The zero-order valence-electron chi connectivity index (χ0n) is 14.6. The van der Waals surface area contributed by atoms with Crippen LogP contribution in [0, 0.1) is 6.92 Å². The molecule has 0 saturated carbocycles. The lowest BCUT2D eigenvalue weighted by molar-refractivity contribution is 0.0346. The second-order valence-electron chi connectivity index (χ2n) is 6.31. The minimum Gasteiger partial charge on any atom is -0.379 e. The van der Waals surface area contributed by atoms with Crippen molar-refractivity contribution < 1.29 is 4.74 Å². The lowest BCUT2D eigenvalue weighted by Gasteiger charge is -2.25. The number of morpholine rings is 1. The molecule has 4 rings (SSSR count). The van der Waals surface area contributed by atoms with Crippen LogP contribution in [0.25, 0.3) is 10.9 Å². The van der Waals surface area contributed by atoms with Gasteiger partial charge in [-0.25, -0.2) is 9.97 Å². The molecule has 1 aromatic carbocycles. The molecule has 3 heterocycles. The minimum atomic E-state index is -0.122. The highest BCUT2D eigenvalue weighted by atomic mass is 32.1. The van der Waals surface area contributed by atoms with E-state index >= 15 is 0 Å². The fraction of sp³-hybridized carbons (Fsp3) is 0.389. The summed E-state index contributed by atoms with van der Waals surface area (Å²) in [7, 11) is 0. The van der Waals surface area contributed by atoms with E-state index in [1.807, 2.05) is 24.4 Å². The van der Waals surface area contributed by atoms with Crippen molar-refractivity contribution >= 4 is 27.9 Å². The third-order valence-corrected chi connectivity index (χ3v) is 5.35. The maximum Gasteiger partial charge on any atom is 0.260 e. The molecule has 0 aliphatic carbocycles. The highest BCUT2D eigenvalue weighted by Crippen LogP contribution is 2.21. The predicted molar refractivity (Wildman–Crippen MR) is 103 cm³/mol. The van der Waals surface area contributed by atoms with Crippen LogP contribution in [0.3, 0.4) is 0 Å². The molecule has 8 heteroatoms. The molecule has 0 amide bonds. The zero-order chi connectivity index (χ0) is 17.9. The summed E-state index contributed by atoms with van der Waals surface area (Å²) in [6.45, 7) is 6.82. The molecule has 1 fully saturated rings. The first-order valence-corrected chi connectivity index (χ1v) is 9.48. The van der Waals surface area contributed by atoms with E-state index in [-0.39, 0.29) is 5.56 Å². The largest absolute Gasteiger partial charge is 0.379 e. The Labute approximate surface area is 155 Å². The van der Waals surface area contributed by atoms with Gasteiger partial charge in [-0.3, -0.25) is 9.69 Å². The summed E-state index contributed by atoms with van der Waals surface area (Å²) in [5, 5.41) is 4.92. The van der Waals surface area contributed by atoms with E-state index in [0.717, 1.165) is 43.5 Å². The first kappa shape index (κ1) is 17.1. The van der Waals surface area contributed by atoms with Gasteiger partial charge in [-0.2, -0.15) is 0 Å². The van der Waals surface area contributed by atoms with Gasteiger partial charge < -0.3 is 15.0 Å². The van der Waals surface area contributed by atoms with Crippen molar-refractivity contribution in [1.29, 1.82) is 0 Å². The van der Waals surface area contributed by atoms with Crippen LogP contribution in [0.5, 0.6) is 0 Å². The van der Waals surface area contributed by atoms with Crippen LogP contribution in [0.2, 0.25) is 0 Å². The molecule has 1 aliphatic heterocycles. The summed E-state index contributed by atoms with van der Waals surface area (Å²) < 4.78 is 5.39. The van der Waals surface area contributed by atoms with E-state index in [4.69, 9.17) is 4.74 Å². The van der Waals surface area contributed by atoms with Gasteiger partial charge in [0.25, 0.3) is 5.56 Å². The Hall–Kier alpha value is -2.29. The normalized spacial score (nSPS) is 15.4. The molecule has 0 spiro atoms. The summed E-state index contributed by atoms with van der Waals surface area (Å²) in [5.41, 5.74) is 1.35. The molecule has 3 aromatic rings. The zero-order valence-corrected chi connectivity index (χ0v) is 15.4. The number of aromatic amines is 1. The smallest absolute Gasteiger partial charge is 0.260 e. The van der Waals surface area contributed by atoms with Gasteiger partial charge in [0.15, 0.2) is 0 Å². The number of aryl methyl sites for hydroxylation is 1. The van der Waals surface area contributed by atoms with Gasteiger partial charge in [0.05, 0.1) is 30.7 Å². The number of benzene rings is 1. The van der Waals surface area contributed by atoms with Crippen molar-refractivity contribution in [3.63, 3.8) is 0 Å². The number of hydrogen-bond donors (Lipinski definition) is 2. The number of fused-ring (bicyclic) bond motifs is 1. The molecule has 136 valence electrons. The van der Waals surface area contributed by atoms with Crippen LogP contribution < -0.4 is 10.9 Å². The van der Waals surface area contributed by atoms with E-state index in [0.29, 0.717) is 23.3 Å². The molecule has 1 saturated heterocycles. The Morgan fingerprint density at radius 1 is 1.35 bits per heavy atom. The molecule has 0 radical (unpaired) electrons. The van der Waals surface area contributed by atoms with Crippen LogP contribution in [-0.2, 0) is 17.8 Å². The van der Waals surface area contributed by atoms with E-state index < -0.39 is 0 Å². The molecular formula is C18H21N5O2S. The molecule has 7 nitrogen and oxygen atoms in total. The van der Waals surface area contributed by atoms with Crippen molar-refractivity contribution in [2.24, 2.45) is 0 Å². The van der Waals surface area contributed by atoms with Crippen LogP contribution in [0.1, 0.15) is 15.7 Å². The highest BCUT2D eigenvalue weighted by Gasteiger charge is 2.13. The third-order valence-electron chi connectivity index (χ3n) is 4.37. The van der Waals surface area contributed by atoms with Gasteiger partial charge in [0, 0.05) is 36.4 Å². The summed E-state index contributed by atoms with van der Waals surface area (Å²) in [6, 6.07) is 5.66. The number of ether oxygens (including phenoxy) is 1. The lowest BCUT2D eigenvalue weighted by atomic mass is 10.2. The number of nitrogens with zero attached hydrogens (tertiary/aromatic N) is 3. The Morgan fingerprint density at radius 3 is 3.04 bits per heavy atom. The van der Waals surface area contributed by atoms with Gasteiger partial charge in [0.2, 0.25) is 0 Å². The predicted octanol–water partition coefficient (Wildman–Crippen LogP) is 2.13. The number of thiazole rings is 1. The quantitative estimate of drug-likeness (QED) is 0.715. The Balaban J connectivity index is 1.46. The molecule has 26 heavy (non-hydrogen) atoms. The first-order chi connectivity index (χ1) is 12.7. The van der Waals surface area contributed by atoms with Gasteiger partial charge in [-0.05, 0) is 19.1 Å². The topological polar surface area (TPSA) is 83.1 Å². The van der Waals surface area contributed by atoms with Crippen molar-refractivity contribution in [2.75, 3.05) is 31.6 Å². The average molecular weight is 371 g/mol. The minimum absolute atomic E-state index is 0.122. The Bertz CT molecular complexity index is 962. The summed E-state index contributed by atoms with van der Waals surface area (Å²) in [6.07, 6.45) is 1.94. The average Bonchev–Trinajstić information content (AvgIpc) is 3.07.